The molecule has 1 heterocycles. The maximum atomic E-state index is 10.8. The summed E-state index contributed by atoms with van der Waals surface area (Å²) in [6.45, 7) is 4.39. The van der Waals surface area contributed by atoms with Crippen molar-refractivity contribution in [3.63, 3.8) is 0 Å². The molecule has 0 aromatic rings. The van der Waals surface area contributed by atoms with Gasteiger partial charge in [-0.1, -0.05) is 33.1 Å². The standard InChI is InChI=1S/C11H21NO2S/c1-3-5-6-8(4-2)10-12-9(7-15-10)11(13)14/h8-10,12H,3-7H2,1-2H3,(H,13,14)/t8-,9-,10-/m0/s1. The lowest BCUT2D eigenvalue weighted by molar-refractivity contribution is -0.138. The Labute approximate surface area is 96.0 Å². The number of carboxylic acids is 1. The molecular formula is C11H21NO2S. The zero-order valence-electron chi connectivity index (χ0n) is 9.53. The number of rotatable bonds is 6. The average molecular weight is 231 g/mol. The van der Waals surface area contributed by atoms with E-state index < -0.39 is 5.97 Å². The van der Waals surface area contributed by atoms with Crippen LogP contribution >= 0.6 is 11.8 Å². The molecule has 1 fully saturated rings. The highest BCUT2D eigenvalue weighted by Gasteiger charge is 2.33. The average Bonchev–Trinajstić information content (AvgIpc) is 2.68. The van der Waals surface area contributed by atoms with Crippen LogP contribution in [0.25, 0.3) is 0 Å². The van der Waals surface area contributed by atoms with Gasteiger partial charge in [0.15, 0.2) is 0 Å². The predicted octanol–water partition coefficient (Wildman–Crippen LogP) is 2.32. The van der Waals surface area contributed by atoms with Crippen molar-refractivity contribution in [3.05, 3.63) is 0 Å². The van der Waals surface area contributed by atoms with Gasteiger partial charge in [-0.2, -0.15) is 0 Å². The van der Waals surface area contributed by atoms with Gasteiger partial charge in [-0.15, -0.1) is 11.8 Å². The fraction of sp³-hybridized carbons (Fsp3) is 0.909. The molecule has 0 bridgehead atoms. The molecule has 0 radical (unpaired) electrons. The van der Waals surface area contributed by atoms with E-state index in [0.717, 1.165) is 6.42 Å². The highest BCUT2D eigenvalue weighted by molar-refractivity contribution is 8.00. The highest BCUT2D eigenvalue weighted by Crippen LogP contribution is 2.30. The second-order valence-electron chi connectivity index (χ2n) is 4.12. The molecule has 1 rings (SSSR count). The first-order valence-electron chi connectivity index (χ1n) is 5.79. The SMILES string of the molecule is CCCC[C@H](CC)[C@H]1N[C@H](C(=O)O)CS1. The lowest BCUT2D eigenvalue weighted by atomic mass is 9.99. The zero-order chi connectivity index (χ0) is 11.3. The number of thioether (sulfide) groups is 1. The van der Waals surface area contributed by atoms with E-state index in [1.54, 1.807) is 11.8 Å². The van der Waals surface area contributed by atoms with E-state index in [2.05, 4.69) is 19.2 Å². The van der Waals surface area contributed by atoms with Gasteiger partial charge in [-0.05, 0) is 12.3 Å². The first-order valence-corrected chi connectivity index (χ1v) is 6.84. The van der Waals surface area contributed by atoms with Crippen LogP contribution in [-0.2, 0) is 4.79 Å². The lowest BCUT2D eigenvalue weighted by Crippen LogP contribution is -2.39. The van der Waals surface area contributed by atoms with Gasteiger partial charge in [-0.3, -0.25) is 10.1 Å². The Bertz CT molecular complexity index is 211. The van der Waals surface area contributed by atoms with Gasteiger partial charge in [0, 0.05) is 5.75 Å². The minimum absolute atomic E-state index is 0.337. The fourth-order valence-corrected chi connectivity index (χ4v) is 3.44. The van der Waals surface area contributed by atoms with Crippen LogP contribution in [0.5, 0.6) is 0 Å². The number of unbranched alkanes of at least 4 members (excludes halogenated alkanes) is 1. The molecule has 88 valence electrons. The zero-order valence-corrected chi connectivity index (χ0v) is 10.3. The minimum Gasteiger partial charge on any atom is -0.480 e. The third-order valence-electron chi connectivity index (χ3n) is 2.99. The van der Waals surface area contributed by atoms with Gasteiger partial charge in [0.2, 0.25) is 0 Å². The Morgan fingerprint density at radius 3 is 2.80 bits per heavy atom. The van der Waals surface area contributed by atoms with Crippen molar-refractivity contribution in [1.29, 1.82) is 0 Å². The second-order valence-corrected chi connectivity index (χ2v) is 5.30. The Morgan fingerprint density at radius 2 is 2.33 bits per heavy atom. The maximum Gasteiger partial charge on any atom is 0.321 e. The van der Waals surface area contributed by atoms with Crippen molar-refractivity contribution in [3.8, 4) is 0 Å². The normalized spacial score (nSPS) is 27.9. The first kappa shape index (κ1) is 12.8. The molecule has 0 aliphatic carbocycles. The van der Waals surface area contributed by atoms with Crippen molar-refractivity contribution in [2.45, 2.75) is 50.9 Å². The van der Waals surface area contributed by atoms with Gasteiger partial charge in [0.25, 0.3) is 0 Å². The van der Waals surface area contributed by atoms with Crippen LogP contribution < -0.4 is 5.32 Å². The quantitative estimate of drug-likeness (QED) is 0.736. The molecule has 3 nitrogen and oxygen atoms in total. The van der Waals surface area contributed by atoms with Crippen LogP contribution in [0.2, 0.25) is 0 Å². The lowest BCUT2D eigenvalue weighted by Gasteiger charge is -2.21. The van der Waals surface area contributed by atoms with Crippen LogP contribution in [0.1, 0.15) is 39.5 Å². The molecule has 1 aliphatic heterocycles. The van der Waals surface area contributed by atoms with Crippen LogP contribution in [0.4, 0.5) is 0 Å². The van der Waals surface area contributed by atoms with Crippen molar-refractivity contribution < 1.29 is 9.90 Å². The van der Waals surface area contributed by atoms with E-state index in [0.29, 0.717) is 17.0 Å². The predicted molar refractivity (Wildman–Crippen MR) is 64.1 cm³/mol. The molecule has 1 saturated heterocycles. The van der Waals surface area contributed by atoms with E-state index in [9.17, 15) is 4.79 Å². The number of carbonyl (C=O) groups is 1. The molecular weight excluding hydrogens is 210 g/mol. The van der Waals surface area contributed by atoms with E-state index >= 15 is 0 Å². The third-order valence-corrected chi connectivity index (χ3v) is 4.39. The largest absolute Gasteiger partial charge is 0.480 e. The van der Waals surface area contributed by atoms with Crippen LogP contribution in [0.15, 0.2) is 0 Å². The van der Waals surface area contributed by atoms with Crippen molar-refractivity contribution in [1.82, 2.24) is 5.32 Å². The Morgan fingerprint density at radius 1 is 1.60 bits per heavy atom. The van der Waals surface area contributed by atoms with Gasteiger partial charge in [-0.25, -0.2) is 0 Å². The smallest absolute Gasteiger partial charge is 0.321 e. The van der Waals surface area contributed by atoms with Gasteiger partial charge >= 0.3 is 5.97 Å². The summed E-state index contributed by atoms with van der Waals surface area (Å²) >= 11 is 1.77. The molecule has 0 saturated carbocycles. The summed E-state index contributed by atoms with van der Waals surface area (Å²) < 4.78 is 0. The summed E-state index contributed by atoms with van der Waals surface area (Å²) in [6, 6.07) is -0.337. The van der Waals surface area contributed by atoms with Crippen LogP contribution in [-0.4, -0.2) is 28.2 Å². The first-order chi connectivity index (χ1) is 7.19. The maximum absolute atomic E-state index is 10.8. The molecule has 1 aliphatic rings. The number of aliphatic carboxylic acids is 1. The van der Waals surface area contributed by atoms with E-state index in [1.165, 1.54) is 19.3 Å². The Hall–Kier alpha value is -0.220. The van der Waals surface area contributed by atoms with Gasteiger partial charge in [0.1, 0.15) is 6.04 Å². The fourth-order valence-electron chi connectivity index (χ4n) is 1.95. The van der Waals surface area contributed by atoms with Crippen LogP contribution in [0, 0.1) is 5.92 Å². The molecule has 0 spiro atoms. The Kier molecular flexibility index (Phi) is 5.47. The van der Waals surface area contributed by atoms with Crippen LogP contribution in [0.3, 0.4) is 0 Å². The molecule has 2 N–H and O–H groups in total. The van der Waals surface area contributed by atoms with E-state index in [-0.39, 0.29) is 6.04 Å². The molecule has 0 aromatic carbocycles. The second kappa shape index (κ2) is 6.38. The molecule has 0 aromatic heterocycles. The monoisotopic (exact) mass is 231 g/mol. The highest BCUT2D eigenvalue weighted by atomic mass is 32.2. The molecule has 0 amide bonds. The summed E-state index contributed by atoms with van der Waals surface area (Å²) in [6.07, 6.45) is 4.81. The number of nitrogens with one attached hydrogen (secondary N) is 1. The number of hydrogen-bond acceptors (Lipinski definition) is 3. The molecule has 15 heavy (non-hydrogen) atoms. The van der Waals surface area contributed by atoms with Crippen molar-refractivity contribution >= 4 is 17.7 Å². The van der Waals surface area contributed by atoms with E-state index in [4.69, 9.17) is 5.11 Å². The van der Waals surface area contributed by atoms with E-state index in [1.807, 2.05) is 0 Å². The minimum atomic E-state index is -0.713. The summed E-state index contributed by atoms with van der Waals surface area (Å²) in [5, 5.41) is 12.4. The van der Waals surface area contributed by atoms with Crippen molar-refractivity contribution in [2.24, 2.45) is 5.92 Å². The molecule has 0 unspecified atom stereocenters. The Balaban J connectivity index is 2.39. The topological polar surface area (TPSA) is 49.3 Å². The summed E-state index contributed by atoms with van der Waals surface area (Å²) in [5.74, 6) is 0.623. The molecule has 4 heteroatoms. The molecule has 3 atom stereocenters. The van der Waals surface area contributed by atoms with Gasteiger partial charge < -0.3 is 5.11 Å². The number of carboxylic acid groups (broad SMARTS) is 1. The summed E-state index contributed by atoms with van der Waals surface area (Å²) in [7, 11) is 0. The third kappa shape index (κ3) is 3.68. The van der Waals surface area contributed by atoms with Gasteiger partial charge in [0.05, 0.1) is 5.37 Å². The summed E-state index contributed by atoms with van der Waals surface area (Å²) in [4.78, 5) is 10.8. The number of hydrogen-bond donors (Lipinski definition) is 2. The van der Waals surface area contributed by atoms with Crippen molar-refractivity contribution in [2.75, 3.05) is 5.75 Å². The summed E-state index contributed by atoms with van der Waals surface area (Å²) in [5.41, 5.74) is 0.